The van der Waals surface area contributed by atoms with Gasteiger partial charge in [0.15, 0.2) is 5.96 Å². The largest absolute Gasteiger partial charge is 0.497 e. The van der Waals surface area contributed by atoms with Gasteiger partial charge in [-0.3, -0.25) is 4.99 Å². The molecular formula is C24H36IN5O2. The molecule has 1 fully saturated rings. The zero-order valence-electron chi connectivity index (χ0n) is 19.5. The number of morpholine rings is 1. The van der Waals surface area contributed by atoms with E-state index in [0.717, 1.165) is 55.8 Å². The van der Waals surface area contributed by atoms with Crippen LogP contribution in [0, 0.1) is 0 Å². The summed E-state index contributed by atoms with van der Waals surface area (Å²) >= 11 is 0. The Morgan fingerprint density at radius 1 is 1.25 bits per heavy atom. The number of aromatic nitrogens is 1. The van der Waals surface area contributed by atoms with Crippen molar-refractivity contribution in [3.8, 4) is 5.75 Å². The van der Waals surface area contributed by atoms with Gasteiger partial charge in [0.2, 0.25) is 0 Å². The van der Waals surface area contributed by atoms with Gasteiger partial charge in [-0.05, 0) is 48.6 Å². The molecule has 2 N–H and O–H groups in total. The average Bonchev–Trinajstić information content (AvgIpc) is 2.81. The van der Waals surface area contributed by atoms with Crippen molar-refractivity contribution in [2.45, 2.75) is 38.8 Å². The van der Waals surface area contributed by atoms with Gasteiger partial charge in [-0.2, -0.15) is 0 Å². The summed E-state index contributed by atoms with van der Waals surface area (Å²) < 4.78 is 10.8. The maximum atomic E-state index is 5.61. The fourth-order valence-corrected chi connectivity index (χ4v) is 3.65. The first-order valence-corrected chi connectivity index (χ1v) is 11.0. The van der Waals surface area contributed by atoms with Gasteiger partial charge in [0.1, 0.15) is 11.6 Å². The zero-order valence-corrected chi connectivity index (χ0v) is 21.8. The Kier molecular flexibility index (Phi) is 11.0. The van der Waals surface area contributed by atoms with Crippen LogP contribution in [0.1, 0.15) is 37.3 Å². The predicted octanol–water partition coefficient (Wildman–Crippen LogP) is 3.79. The topological polar surface area (TPSA) is 71.0 Å². The molecule has 1 saturated heterocycles. The molecular weight excluding hydrogens is 517 g/mol. The van der Waals surface area contributed by atoms with Crippen LogP contribution in [-0.4, -0.2) is 57.4 Å². The Morgan fingerprint density at radius 3 is 2.66 bits per heavy atom. The van der Waals surface area contributed by atoms with E-state index in [9.17, 15) is 0 Å². The molecule has 0 aliphatic carbocycles. The van der Waals surface area contributed by atoms with Gasteiger partial charge in [0.05, 0.1) is 19.8 Å². The molecule has 2 aromatic rings. The SMILES string of the molecule is CN=C(NCCC(C)c1ccc(OC)cc1)NCc1ccc(N2CCOC(C)C2)nc1.I. The molecule has 8 heteroatoms. The van der Waals surface area contributed by atoms with E-state index in [2.05, 4.69) is 63.6 Å². The number of benzene rings is 1. The van der Waals surface area contributed by atoms with Gasteiger partial charge < -0.3 is 25.0 Å². The first kappa shape index (κ1) is 26.2. The lowest BCUT2D eigenvalue weighted by atomic mass is 9.98. The monoisotopic (exact) mass is 553 g/mol. The molecule has 1 aromatic heterocycles. The second-order valence-electron chi connectivity index (χ2n) is 7.97. The van der Waals surface area contributed by atoms with Crippen LogP contribution in [-0.2, 0) is 11.3 Å². The molecule has 0 bridgehead atoms. The number of nitrogens with one attached hydrogen (secondary N) is 2. The van der Waals surface area contributed by atoms with Crippen molar-refractivity contribution in [3.05, 3.63) is 53.7 Å². The number of nitrogens with zero attached hydrogens (tertiary/aromatic N) is 3. The van der Waals surface area contributed by atoms with Crippen LogP contribution in [0.5, 0.6) is 5.75 Å². The van der Waals surface area contributed by atoms with Crippen molar-refractivity contribution in [1.82, 2.24) is 15.6 Å². The van der Waals surface area contributed by atoms with Crippen molar-refractivity contribution in [1.29, 1.82) is 0 Å². The second kappa shape index (κ2) is 13.5. The standard InChI is InChI=1S/C24H35N5O2.HI/c1-18(21-6-8-22(30-4)9-7-21)11-12-26-24(25-3)28-16-20-5-10-23(27-15-20)29-13-14-31-19(2)17-29;/h5-10,15,18-19H,11-14,16-17H2,1-4H3,(H2,25,26,28);1H. The number of halogens is 1. The van der Waals surface area contributed by atoms with E-state index in [1.165, 1.54) is 5.56 Å². The van der Waals surface area contributed by atoms with Crippen LogP contribution in [0.2, 0.25) is 0 Å². The average molecular weight is 553 g/mol. The van der Waals surface area contributed by atoms with Crippen molar-refractivity contribution >= 4 is 35.8 Å². The summed E-state index contributed by atoms with van der Waals surface area (Å²) in [7, 11) is 3.49. The van der Waals surface area contributed by atoms with E-state index in [-0.39, 0.29) is 30.1 Å². The Hall–Kier alpha value is -2.07. The van der Waals surface area contributed by atoms with E-state index in [0.29, 0.717) is 12.5 Å². The fraction of sp³-hybridized carbons (Fsp3) is 0.500. The molecule has 0 amide bonds. The molecule has 32 heavy (non-hydrogen) atoms. The summed E-state index contributed by atoms with van der Waals surface area (Å²) in [6.07, 6.45) is 3.20. The molecule has 0 spiro atoms. The van der Waals surface area contributed by atoms with E-state index in [1.54, 1.807) is 14.2 Å². The highest BCUT2D eigenvalue weighted by Gasteiger charge is 2.17. The second-order valence-corrected chi connectivity index (χ2v) is 7.97. The predicted molar refractivity (Wildman–Crippen MR) is 142 cm³/mol. The molecule has 2 unspecified atom stereocenters. The van der Waals surface area contributed by atoms with Crippen LogP contribution in [0.4, 0.5) is 5.82 Å². The maximum Gasteiger partial charge on any atom is 0.191 e. The summed E-state index contributed by atoms with van der Waals surface area (Å²) in [5, 5.41) is 6.77. The Labute approximate surface area is 209 Å². The Bertz CT molecular complexity index is 829. The minimum atomic E-state index is 0. The molecule has 3 rings (SSSR count). The minimum absolute atomic E-state index is 0. The summed E-state index contributed by atoms with van der Waals surface area (Å²) in [6.45, 7) is 8.39. The quantitative estimate of drug-likeness (QED) is 0.295. The number of guanidine groups is 1. The number of pyridine rings is 1. The third kappa shape index (κ3) is 7.81. The van der Waals surface area contributed by atoms with Crippen molar-refractivity contribution in [3.63, 3.8) is 0 Å². The molecule has 1 aliphatic heterocycles. The van der Waals surface area contributed by atoms with E-state index in [4.69, 9.17) is 9.47 Å². The van der Waals surface area contributed by atoms with Gasteiger partial charge in [0, 0.05) is 39.4 Å². The lowest BCUT2D eigenvalue weighted by Gasteiger charge is -2.32. The van der Waals surface area contributed by atoms with Gasteiger partial charge in [0.25, 0.3) is 0 Å². The molecule has 7 nitrogen and oxygen atoms in total. The number of anilines is 1. The lowest BCUT2D eigenvalue weighted by molar-refractivity contribution is 0.0529. The molecule has 2 atom stereocenters. The third-order valence-electron chi connectivity index (χ3n) is 5.61. The number of ether oxygens (including phenoxy) is 2. The van der Waals surface area contributed by atoms with Crippen molar-refractivity contribution < 1.29 is 9.47 Å². The van der Waals surface area contributed by atoms with E-state index in [1.807, 2.05) is 18.3 Å². The normalized spacial score (nSPS) is 17.3. The molecule has 0 saturated carbocycles. The summed E-state index contributed by atoms with van der Waals surface area (Å²) in [6, 6.07) is 12.5. The lowest BCUT2D eigenvalue weighted by Crippen LogP contribution is -2.41. The first-order valence-electron chi connectivity index (χ1n) is 11.0. The molecule has 1 aromatic carbocycles. The number of aliphatic imine (C=N–C) groups is 1. The maximum absolute atomic E-state index is 5.61. The van der Waals surface area contributed by atoms with Crippen LogP contribution in [0.25, 0.3) is 0 Å². The number of methoxy groups -OCH3 is 1. The highest BCUT2D eigenvalue weighted by atomic mass is 127. The Balaban J connectivity index is 0.00000363. The van der Waals surface area contributed by atoms with Crippen molar-refractivity contribution in [2.24, 2.45) is 4.99 Å². The van der Waals surface area contributed by atoms with E-state index < -0.39 is 0 Å². The highest BCUT2D eigenvalue weighted by molar-refractivity contribution is 14.0. The van der Waals surface area contributed by atoms with Gasteiger partial charge in [-0.1, -0.05) is 25.1 Å². The van der Waals surface area contributed by atoms with Crippen LogP contribution in [0.3, 0.4) is 0 Å². The van der Waals surface area contributed by atoms with Crippen LogP contribution >= 0.6 is 24.0 Å². The van der Waals surface area contributed by atoms with Gasteiger partial charge in [-0.25, -0.2) is 4.98 Å². The Morgan fingerprint density at radius 2 is 2.03 bits per heavy atom. The number of hydrogen-bond acceptors (Lipinski definition) is 5. The van der Waals surface area contributed by atoms with Gasteiger partial charge in [-0.15, -0.1) is 24.0 Å². The summed E-state index contributed by atoms with van der Waals surface area (Å²) in [5.41, 5.74) is 2.44. The fourth-order valence-electron chi connectivity index (χ4n) is 3.65. The number of rotatable bonds is 8. The van der Waals surface area contributed by atoms with E-state index >= 15 is 0 Å². The minimum Gasteiger partial charge on any atom is -0.497 e. The van der Waals surface area contributed by atoms with Gasteiger partial charge >= 0.3 is 0 Å². The molecule has 176 valence electrons. The summed E-state index contributed by atoms with van der Waals surface area (Å²) in [5.74, 6) is 3.15. The zero-order chi connectivity index (χ0) is 22.1. The smallest absolute Gasteiger partial charge is 0.191 e. The molecule has 1 aliphatic rings. The van der Waals surface area contributed by atoms with Crippen LogP contribution < -0.4 is 20.3 Å². The number of hydrogen-bond donors (Lipinski definition) is 2. The third-order valence-corrected chi connectivity index (χ3v) is 5.61. The molecule has 0 radical (unpaired) electrons. The van der Waals surface area contributed by atoms with Crippen LogP contribution in [0.15, 0.2) is 47.6 Å². The molecule has 2 heterocycles. The summed E-state index contributed by atoms with van der Waals surface area (Å²) in [4.78, 5) is 11.2. The first-order chi connectivity index (χ1) is 15.1. The van der Waals surface area contributed by atoms with Crippen molar-refractivity contribution in [2.75, 3.05) is 45.3 Å². The highest BCUT2D eigenvalue weighted by Crippen LogP contribution is 2.21.